The number of likely N-dealkylation sites (tertiary alicyclic amines) is 1. The van der Waals surface area contributed by atoms with Gasteiger partial charge in [-0.15, -0.1) is 0 Å². The number of rotatable bonds is 6. The first kappa shape index (κ1) is 30.0. The van der Waals surface area contributed by atoms with Gasteiger partial charge in [0.25, 0.3) is 5.91 Å². The second-order valence-corrected chi connectivity index (χ2v) is 9.68. The van der Waals surface area contributed by atoms with Crippen molar-refractivity contribution in [3.05, 3.63) is 47.4 Å². The minimum atomic E-state index is -5.08. The number of carboxylic acid groups (broad SMARTS) is 1. The highest BCUT2D eigenvalue weighted by Gasteiger charge is 2.38. The number of hydrogen-bond donors (Lipinski definition) is 2. The lowest BCUT2D eigenvalue weighted by Crippen LogP contribution is -2.38. The van der Waals surface area contributed by atoms with Gasteiger partial charge >= 0.3 is 12.1 Å². The molecule has 8 nitrogen and oxygen atoms in total. The molecule has 0 bridgehead atoms. The van der Waals surface area contributed by atoms with Gasteiger partial charge in [-0.2, -0.15) is 13.2 Å². The molecule has 0 unspecified atom stereocenters. The predicted octanol–water partition coefficient (Wildman–Crippen LogP) is 5.42. The van der Waals surface area contributed by atoms with Crippen molar-refractivity contribution >= 4 is 17.7 Å². The van der Waals surface area contributed by atoms with E-state index in [2.05, 4.69) is 4.98 Å². The molecule has 2 heterocycles. The van der Waals surface area contributed by atoms with Gasteiger partial charge in [0.1, 0.15) is 23.1 Å². The number of halogens is 4. The lowest BCUT2D eigenvalue weighted by molar-refractivity contribution is -0.192. The van der Waals surface area contributed by atoms with Crippen molar-refractivity contribution in [2.24, 2.45) is 5.92 Å². The van der Waals surface area contributed by atoms with E-state index in [0.717, 1.165) is 24.2 Å². The van der Waals surface area contributed by atoms with Gasteiger partial charge in [0, 0.05) is 37.0 Å². The summed E-state index contributed by atoms with van der Waals surface area (Å²) < 4.78 is 57.7. The molecule has 1 saturated heterocycles. The van der Waals surface area contributed by atoms with E-state index in [0.29, 0.717) is 37.2 Å². The number of carbonyl (C=O) groups excluding carboxylic acids is 1. The minimum absolute atomic E-state index is 0.0974. The zero-order valence-corrected chi connectivity index (χ0v) is 21.7. The maximum absolute atomic E-state index is 14.7. The van der Waals surface area contributed by atoms with Crippen LogP contribution in [0.5, 0.6) is 11.5 Å². The lowest BCUT2D eigenvalue weighted by Gasteiger charge is -2.32. The molecule has 0 radical (unpaired) electrons. The number of aromatic nitrogens is 1. The first-order chi connectivity index (χ1) is 18.5. The Kier molecular flexibility index (Phi) is 10.4. The van der Waals surface area contributed by atoms with Crippen LogP contribution in [-0.2, 0) is 4.79 Å². The highest BCUT2D eigenvalue weighted by atomic mass is 19.4. The Hall–Kier alpha value is -3.57. The van der Waals surface area contributed by atoms with Crippen LogP contribution < -0.4 is 15.2 Å². The van der Waals surface area contributed by atoms with Crippen molar-refractivity contribution in [1.82, 2.24) is 9.88 Å². The van der Waals surface area contributed by atoms with Gasteiger partial charge in [-0.3, -0.25) is 4.79 Å². The first-order valence-electron chi connectivity index (χ1n) is 12.8. The lowest BCUT2D eigenvalue weighted by atomic mass is 9.89. The number of hydrogen-bond acceptors (Lipinski definition) is 6. The van der Waals surface area contributed by atoms with Gasteiger partial charge in [0.2, 0.25) is 0 Å². The molecule has 1 saturated carbocycles. The van der Waals surface area contributed by atoms with E-state index in [1.165, 1.54) is 38.2 Å². The van der Waals surface area contributed by atoms with Crippen molar-refractivity contribution in [2.75, 3.05) is 32.5 Å². The molecule has 1 aliphatic heterocycles. The standard InChI is InChI=1S/C25H32FN3O3.C2HF3O2/c1-31-23-14-24(27)28-15-21(23)18-9-11-29(12-10-18)25(30)20-8-7-19(13-22(20)26)32-16-17-5-3-2-4-6-17;3-2(4,5)1(6)7/h7-8,13-15,17-18H,2-6,9-12,16H2,1H3,(H2,27,28);(H,6,7). The van der Waals surface area contributed by atoms with Crippen molar-refractivity contribution in [3.8, 4) is 11.5 Å². The quantitative estimate of drug-likeness (QED) is 0.457. The highest BCUT2D eigenvalue weighted by molar-refractivity contribution is 5.94. The van der Waals surface area contributed by atoms with Crippen LogP contribution in [0.15, 0.2) is 30.5 Å². The molecule has 2 fully saturated rings. The molecule has 1 aliphatic carbocycles. The maximum atomic E-state index is 14.7. The van der Waals surface area contributed by atoms with Crippen molar-refractivity contribution in [2.45, 2.75) is 57.0 Å². The Morgan fingerprint density at radius 1 is 1.10 bits per heavy atom. The van der Waals surface area contributed by atoms with Crippen LogP contribution in [0.4, 0.5) is 23.4 Å². The number of anilines is 1. The largest absolute Gasteiger partial charge is 0.496 e. The number of carboxylic acids is 1. The van der Waals surface area contributed by atoms with E-state index in [1.807, 2.05) is 0 Å². The topological polar surface area (TPSA) is 115 Å². The SMILES string of the molecule is COc1cc(N)ncc1C1CCN(C(=O)c2ccc(OCC3CCCCC3)cc2F)CC1.O=C(O)C(F)(F)F. The van der Waals surface area contributed by atoms with E-state index < -0.39 is 18.0 Å². The second-order valence-electron chi connectivity index (χ2n) is 9.68. The van der Waals surface area contributed by atoms with Crippen molar-refractivity contribution in [3.63, 3.8) is 0 Å². The summed E-state index contributed by atoms with van der Waals surface area (Å²) in [5.41, 5.74) is 6.85. The average Bonchev–Trinajstić information content (AvgIpc) is 2.92. The first-order valence-corrected chi connectivity index (χ1v) is 12.8. The number of piperidine rings is 1. The molecule has 0 atom stereocenters. The average molecular weight is 556 g/mol. The summed E-state index contributed by atoms with van der Waals surface area (Å²) in [5.74, 6) is -1.16. The number of amides is 1. The third-order valence-corrected chi connectivity index (χ3v) is 6.98. The molecule has 2 aliphatic rings. The van der Waals surface area contributed by atoms with Crippen LogP contribution in [-0.4, -0.2) is 59.8 Å². The fraction of sp³-hybridized carbons (Fsp3) is 0.519. The molecule has 2 aromatic rings. The van der Waals surface area contributed by atoms with E-state index >= 15 is 0 Å². The van der Waals surface area contributed by atoms with Crippen LogP contribution in [0.1, 0.15) is 66.8 Å². The Morgan fingerprint density at radius 2 is 1.74 bits per heavy atom. The summed E-state index contributed by atoms with van der Waals surface area (Å²) in [7, 11) is 1.61. The van der Waals surface area contributed by atoms with Crippen LogP contribution in [0.2, 0.25) is 0 Å². The van der Waals surface area contributed by atoms with Gasteiger partial charge < -0.3 is 25.2 Å². The number of pyridine rings is 1. The zero-order chi connectivity index (χ0) is 28.6. The number of benzene rings is 1. The van der Waals surface area contributed by atoms with Gasteiger partial charge in [-0.1, -0.05) is 19.3 Å². The van der Waals surface area contributed by atoms with Crippen LogP contribution in [0.3, 0.4) is 0 Å². The Labute approximate surface area is 224 Å². The summed E-state index contributed by atoms with van der Waals surface area (Å²) in [6.07, 6.45) is 4.32. The van der Waals surface area contributed by atoms with Crippen molar-refractivity contribution in [1.29, 1.82) is 0 Å². The van der Waals surface area contributed by atoms with E-state index in [-0.39, 0.29) is 17.4 Å². The van der Waals surface area contributed by atoms with Gasteiger partial charge in [0.15, 0.2) is 0 Å². The molecular weight excluding hydrogens is 522 g/mol. The number of nitrogens with zero attached hydrogens (tertiary/aromatic N) is 2. The second kappa shape index (κ2) is 13.5. The van der Waals surface area contributed by atoms with E-state index in [1.54, 1.807) is 36.4 Å². The number of carbonyl (C=O) groups is 2. The third-order valence-electron chi connectivity index (χ3n) is 6.98. The van der Waals surface area contributed by atoms with Gasteiger partial charge in [-0.05, 0) is 49.7 Å². The number of ether oxygens (including phenoxy) is 2. The normalized spacial score (nSPS) is 16.7. The fourth-order valence-electron chi connectivity index (χ4n) is 4.84. The Morgan fingerprint density at radius 3 is 2.31 bits per heavy atom. The smallest absolute Gasteiger partial charge is 0.490 e. The maximum Gasteiger partial charge on any atom is 0.490 e. The summed E-state index contributed by atoms with van der Waals surface area (Å²) in [4.78, 5) is 27.7. The summed E-state index contributed by atoms with van der Waals surface area (Å²) in [5, 5.41) is 7.12. The van der Waals surface area contributed by atoms with Crippen LogP contribution in [0, 0.1) is 11.7 Å². The van der Waals surface area contributed by atoms with Crippen molar-refractivity contribution < 1.29 is 41.7 Å². The molecule has 0 spiro atoms. The number of aliphatic carboxylic acids is 1. The molecule has 4 rings (SSSR count). The molecule has 3 N–H and O–H groups in total. The summed E-state index contributed by atoms with van der Waals surface area (Å²) >= 11 is 0. The molecule has 1 aromatic carbocycles. The van der Waals surface area contributed by atoms with E-state index in [4.69, 9.17) is 25.1 Å². The fourth-order valence-corrected chi connectivity index (χ4v) is 4.84. The predicted molar refractivity (Wildman–Crippen MR) is 135 cm³/mol. The summed E-state index contributed by atoms with van der Waals surface area (Å²) in [6.45, 7) is 1.72. The third kappa shape index (κ3) is 8.46. The number of alkyl halides is 3. The van der Waals surface area contributed by atoms with Gasteiger partial charge in [-0.25, -0.2) is 14.2 Å². The molecular formula is C27H33F4N3O5. The molecule has 39 heavy (non-hydrogen) atoms. The number of methoxy groups -OCH3 is 1. The molecule has 214 valence electrons. The molecule has 12 heteroatoms. The van der Waals surface area contributed by atoms with Crippen LogP contribution in [0.25, 0.3) is 0 Å². The van der Waals surface area contributed by atoms with Gasteiger partial charge in [0.05, 0.1) is 19.3 Å². The van der Waals surface area contributed by atoms with Crippen LogP contribution >= 0.6 is 0 Å². The highest BCUT2D eigenvalue weighted by Crippen LogP contribution is 2.35. The Balaban J connectivity index is 0.000000532. The number of nitrogen functional groups attached to an aromatic ring is 1. The summed E-state index contributed by atoms with van der Waals surface area (Å²) in [6, 6.07) is 6.32. The van der Waals surface area contributed by atoms with E-state index in [9.17, 15) is 22.4 Å². The minimum Gasteiger partial charge on any atom is -0.496 e. The number of nitrogens with two attached hydrogens (primary N) is 1. The molecule has 1 aromatic heterocycles. The Bertz CT molecular complexity index is 1130. The monoisotopic (exact) mass is 555 g/mol. The zero-order valence-electron chi connectivity index (χ0n) is 21.7. The molecule has 1 amide bonds.